The van der Waals surface area contributed by atoms with E-state index in [-0.39, 0.29) is 24.5 Å². The van der Waals surface area contributed by atoms with E-state index in [4.69, 9.17) is 4.74 Å². The van der Waals surface area contributed by atoms with Crippen molar-refractivity contribution in [2.45, 2.75) is 58.2 Å². The van der Waals surface area contributed by atoms with Crippen LogP contribution in [-0.2, 0) is 17.9 Å². The van der Waals surface area contributed by atoms with E-state index in [9.17, 15) is 9.59 Å². The number of thiophene rings is 1. The Balaban J connectivity index is 1.54. The number of carbonyl (C=O) groups is 2. The largest absolute Gasteiger partial charge is 0.497 e. The third-order valence-electron chi connectivity index (χ3n) is 6.61. The Bertz CT molecular complexity index is 1140. The number of methoxy groups -OCH3 is 1. The molecule has 0 atom stereocenters. The molecule has 3 amide bonds. The van der Waals surface area contributed by atoms with Crippen LogP contribution in [0.15, 0.2) is 66.7 Å². The van der Waals surface area contributed by atoms with Crippen molar-refractivity contribution < 1.29 is 14.3 Å². The van der Waals surface area contributed by atoms with Crippen molar-refractivity contribution in [2.75, 3.05) is 19.0 Å². The van der Waals surface area contributed by atoms with Crippen LogP contribution in [0, 0.1) is 6.92 Å². The van der Waals surface area contributed by atoms with Gasteiger partial charge in [0.15, 0.2) is 0 Å². The lowest BCUT2D eigenvalue weighted by molar-refractivity contribution is -0.133. The van der Waals surface area contributed by atoms with E-state index in [2.05, 4.69) is 24.4 Å². The first-order valence-corrected chi connectivity index (χ1v) is 13.4. The van der Waals surface area contributed by atoms with Gasteiger partial charge in [0.2, 0.25) is 5.91 Å². The highest BCUT2D eigenvalue weighted by Gasteiger charge is 2.29. The van der Waals surface area contributed by atoms with Crippen LogP contribution in [-0.4, -0.2) is 41.4 Å². The predicted molar refractivity (Wildman–Crippen MR) is 145 cm³/mol. The van der Waals surface area contributed by atoms with Crippen molar-refractivity contribution in [1.29, 1.82) is 0 Å². The molecule has 1 aliphatic rings. The van der Waals surface area contributed by atoms with E-state index in [0.29, 0.717) is 24.5 Å². The SMILES string of the molecule is COc1cccc(NC(=O)N(CC(=O)N(Cc2ccccc2)Cc2ccc(C)s2)C2CCCCC2)c1. The standard InChI is InChI=1S/C29H35N3O3S/c1-22-16-17-27(36-22)20-31(19-23-10-5-3-6-11-23)28(33)21-32(25-13-7-4-8-14-25)29(34)30-24-12-9-15-26(18-24)35-2/h3,5-6,9-12,15-18,25H,4,7-8,13-14,19-21H2,1-2H3,(H,30,34). The average Bonchev–Trinajstić information content (AvgIpc) is 3.32. The van der Waals surface area contributed by atoms with E-state index >= 15 is 0 Å². The predicted octanol–water partition coefficient (Wildman–Crippen LogP) is 6.46. The molecule has 1 aliphatic carbocycles. The molecule has 1 saturated carbocycles. The third kappa shape index (κ3) is 7.10. The van der Waals surface area contributed by atoms with Gasteiger partial charge in [0.05, 0.1) is 13.7 Å². The number of benzene rings is 2. The first-order valence-electron chi connectivity index (χ1n) is 12.6. The summed E-state index contributed by atoms with van der Waals surface area (Å²) in [6.45, 7) is 3.16. The van der Waals surface area contributed by atoms with Gasteiger partial charge >= 0.3 is 6.03 Å². The number of nitrogens with one attached hydrogen (secondary N) is 1. The van der Waals surface area contributed by atoms with Gasteiger partial charge in [0, 0.05) is 34.1 Å². The number of hydrogen-bond donors (Lipinski definition) is 1. The van der Waals surface area contributed by atoms with Gasteiger partial charge in [-0.05, 0) is 49.6 Å². The molecule has 3 aromatic rings. The fraction of sp³-hybridized carbons (Fsp3) is 0.379. The van der Waals surface area contributed by atoms with E-state index in [0.717, 1.165) is 36.1 Å². The van der Waals surface area contributed by atoms with Crippen LogP contribution in [0.3, 0.4) is 0 Å². The van der Waals surface area contributed by atoms with Crippen molar-refractivity contribution >= 4 is 29.0 Å². The lowest BCUT2D eigenvalue weighted by Crippen LogP contribution is -2.49. The molecule has 0 unspecified atom stereocenters. The highest BCUT2D eigenvalue weighted by atomic mass is 32.1. The third-order valence-corrected chi connectivity index (χ3v) is 7.60. The fourth-order valence-electron chi connectivity index (χ4n) is 4.70. The molecule has 0 bridgehead atoms. The monoisotopic (exact) mass is 505 g/mol. The second-order valence-corrected chi connectivity index (χ2v) is 10.7. The van der Waals surface area contributed by atoms with Crippen molar-refractivity contribution in [1.82, 2.24) is 9.80 Å². The topological polar surface area (TPSA) is 61.9 Å². The Morgan fingerprint density at radius 2 is 1.75 bits per heavy atom. The van der Waals surface area contributed by atoms with Gasteiger partial charge in [0.25, 0.3) is 0 Å². The summed E-state index contributed by atoms with van der Waals surface area (Å²) in [6.07, 6.45) is 5.16. The number of carbonyl (C=O) groups excluding carboxylic acids is 2. The van der Waals surface area contributed by atoms with E-state index in [1.54, 1.807) is 29.4 Å². The Labute approximate surface area is 217 Å². The van der Waals surface area contributed by atoms with Gasteiger partial charge in [-0.3, -0.25) is 4.79 Å². The minimum absolute atomic E-state index is 0.0451. The van der Waals surface area contributed by atoms with Crippen molar-refractivity contribution in [2.24, 2.45) is 0 Å². The van der Waals surface area contributed by atoms with Gasteiger partial charge in [-0.1, -0.05) is 55.7 Å². The Hall–Kier alpha value is -3.32. The normalized spacial score (nSPS) is 13.7. The van der Waals surface area contributed by atoms with Crippen molar-refractivity contribution in [3.8, 4) is 5.75 Å². The van der Waals surface area contributed by atoms with Crippen LogP contribution < -0.4 is 10.1 Å². The van der Waals surface area contributed by atoms with Crippen LogP contribution in [0.25, 0.3) is 0 Å². The fourth-order valence-corrected chi connectivity index (χ4v) is 5.60. The Morgan fingerprint density at radius 1 is 0.972 bits per heavy atom. The number of urea groups is 1. The maximum Gasteiger partial charge on any atom is 0.322 e. The van der Waals surface area contributed by atoms with Crippen molar-refractivity contribution in [3.05, 3.63) is 82.0 Å². The average molecular weight is 506 g/mol. The molecule has 0 saturated heterocycles. The summed E-state index contributed by atoms with van der Waals surface area (Å²) < 4.78 is 5.30. The second-order valence-electron chi connectivity index (χ2n) is 9.33. The van der Waals surface area contributed by atoms with E-state index < -0.39 is 0 Å². The first kappa shape index (κ1) is 25.8. The molecule has 4 rings (SSSR count). The zero-order chi connectivity index (χ0) is 25.3. The number of rotatable bonds is 9. The molecule has 0 spiro atoms. The van der Waals surface area contributed by atoms with Gasteiger partial charge in [0.1, 0.15) is 12.3 Å². The van der Waals surface area contributed by atoms with Crippen LogP contribution in [0.5, 0.6) is 5.75 Å². The molecule has 1 heterocycles. The van der Waals surface area contributed by atoms with Gasteiger partial charge < -0.3 is 19.9 Å². The summed E-state index contributed by atoms with van der Waals surface area (Å²) in [5.74, 6) is 0.629. The van der Waals surface area contributed by atoms with E-state index in [1.807, 2.05) is 53.4 Å². The molecule has 0 radical (unpaired) electrons. The highest BCUT2D eigenvalue weighted by Crippen LogP contribution is 2.25. The molecule has 2 aromatic carbocycles. The first-order chi connectivity index (χ1) is 17.5. The summed E-state index contributed by atoms with van der Waals surface area (Å²) in [7, 11) is 1.60. The number of nitrogens with zero attached hydrogens (tertiary/aromatic N) is 2. The lowest BCUT2D eigenvalue weighted by atomic mass is 9.94. The molecule has 1 N–H and O–H groups in total. The van der Waals surface area contributed by atoms with Gasteiger partial charge in [-0.15, -0.1) is 11.3 Å². The zero-order valence-electron chi connectivity index (χ0n) is 21.1. The summed E-state index contributed by atoms with van der Waals surface area (Å²) in [5, 5.41) is 3.00. The molecular formula is C29H35N3O3S. The summed E-state index contributed by atoms with van der Waals surface area (Å²) in [5.41, 5.74) is 1.73. The molecular weight excluding hydrogens is 470 g/mol. The minimum Gasteiger partial charge on any atom is -0.497 e. The summed E-state index contributed by atoms with van der Waals surface area (Å²) in [4.78, 5) is 33.2. The van der Waals surface area contributed by atoms with Gasteiger partial charge in [-0.25, -0.2) is 4.79 Å². The number of hydrogen-bond acceptors (Lipinski definition) is 4. The van der Waals surface area contributed by atoms with Crippen LogP contribution in [0.1, 0.15) is 47.4 Å². The van der Waals surface area contributed by atoms with Crippen LogP contribution in [0.2, 0.25) is 0 Å². The van der Waals surface area contributed by atoms with Crippen LogP contribution >= 0.6 is 11.3 Å². The Kier molecular flexibility index (Phi) is 9.01. The minimum atomic E-state index is -0.241. The van der Waals surface area contributed by atoms with Crippen LogP contribution in [0.4, 0.5) is 10.5 Å². The second kappa shape index (κ2) is 12.6. The summed E-state index contributed by atoms with van der Waals surface area (Å²) >= 11 is 1.70. The number of amides is 3. The zero-order valence-corrected chi connectivity index (χ0v) is 21.9. The lowest BCUT2D eigenvalue weighted by Gasteiger charge is -2.35. The molecule has 6 nitrogen and oxygen atoms in total. The molecule has 7 heteroatoms. The smallest absolute Gasteiger partial charge is 0.322 e. The molecule has 1 fully saturated rings. The van der Waals surface area contributed by atoms with E-state index in [1.165, 1.54) is 11.3 Å². The Morgan fingerprint density at radius 3 is 2.44 bits per heavy atom. The highest BCUT2D eigenvalue weighted by molar-refractivity contribution is 7.11. The van der Waals surface area contributed by atoms with Crippen molar-refractivity contribution in [3.63, 3.8) is 0 Å². The molecule has 1 aromatic heterocycles. The maximum atomic E-state index is 13.8. The maximum absolute atomic E-state index is 13.8. The van der Waals surface area contributed by atoms with Gasteiger partial charge in [-0.2, -0.15) is 0 Å². The number of aryl methyl sites for hydroxylation is 1. The summed E-state index contributed by atoms with van der Waals surface area (Å²) in [6, 6.07) is 21.3. The molecule has 190 valence electrons. The molecule has 0 aliphatic heterocycles. The number of ether oxygens (including phenoxy) is 1. The molecule has 36 heavy (non-hydrogen) atoms. The quantitative estimate of drug-likeness (QED) is 0.363. The number of anilines is 1.